The van der Waals surface area contributed by atoms with E-state index in [0.717, 1.165) is 12.2 Å². The number of benzene rings is 1. The van der Waals surface area contributed by atoms with E-state index in [9.17, 15) is 0 Å². The number of fused-ring (bicyclic) bond motifs is 1. The van der Waals surface area contributed by atoms with Gasteiger partial charge in [0.1, 0.15) is 5.75 Å². The summed E-state index contributed by atoms with van der Waals surface area (Å²) in [6, 6.07) is 8.70. The lowest BCUT2D eigenvalue weighted by molar-refractivity contribution is 0.221. The summed E-state index contributed by atoms with van der Waals surface area (Å²) in [5.41, 5.74) is 1.19. The number of anilines is 1. The Morgan fingerprint density at radius 1 is 1.33 bits per heavy atom. The minimum atomic E-state index is -0.145. The molecule has 5 heteroatoms. The maximum atomic E-state index is 5.80. The zero-order chi connectivity index (χ0) is 12.5. The van der Waals surface area contributed by atoms with Crippen molar-refractivity contribution in [1.82, 2.24) is 10.1 Å². The van der Waals surface area contributed by atoms with Crippen LogP contribution < -0.4 is 10.1 Å². The van der Waals surface area contributed by atoms with Gasteiger partial charge in [0.2, 0.25) is 5.82 Å². The molecule has 18 heavy (non-hydrogen) atoms. The normalized spacial score (nSPS) is 17.6. The number of para-hydroxylation sites is 1. The Labute approximate surface area is 105 Å². The average Bonchev–Trinajstić information content (AvgIpc) is 2.93. The Balaban J connectivity index is 1.76. The van der Waals surface area contributed by atoms with E-state index in [4.69, 9.17) is 9.26 Å². The van der Waals surface area contributed by atoms with Crippen molar-refractivity contribution in [2.45, 2.75) is 32.4 Å². The summed E-state index contributed by atoms with van der Waals surface area (Å²) in [6.45, 7) is 4.04. The van der Waals surface area contributed by atoms with E-state index in [0.29, 0.717) is 11.8 Å². The summed E-state index contributed by atoms with van der Waals surface area (Å²) in [7, 11) is 0. The van der Waals surface area contributed by atoms with Gasteiger partial charge in [-0.3, -0.25) is 0 Å². The first kappa shape index (κ1) is 11.1. The highest BCUT2D eigenvalue weighted by atomic mass is 16.5. The molecule has 0 amide bonds. The number of nitrogens with one attached hydrogen (secondary N) is 1. The summed E-state index contributed by atoms with van der Waals surface area (Å²) >= 11 is 0. The lowest BCUT2D eigenvalue weighted by Gasteiger charge is -2.04. The van der Waals surface area contributed by atoms with Crippen molar-refractivity contribution in [3.8, 4) is 5.75 Å². The minimum absolute atomic E-state index is 0.145. The molecule has 0 saturated heterocycles. The van der Waals surface area contributed by atoms with Crippen molar-refractivity contribution in [2.75, 3.05) is 5.32 Å². The van der Waals surface area contributed by atoms with Gasteiger partial charge in [0.25, 0.3) is 0 Å². The molecule has 0 spiro atoms. The maximum absolute atomic E-state index is 5.80. The maximum Gasteiger partial charge on any atom is 0.321 e. The van der Waals surface area contributed by atoms with E-state index in [1.807, 2.05) is 32.0 Å². The topological polar surface area (TPSA) is 60.2 Å². The molecule has 1 atom stereocenters. The third-order valence-corrected chi connectivity index (χ3v) is 2.79. The summed E-state index contributed by atoms with van der Waals surface area (Å²) in [6.07, 6.45) is 0.644. The van der Waals surface area contributed by atoms with Crippen LogP contribution in [0.2, 0.25) is 0 Å². The fraction of sp³-hybridized carbons (Fsp3) is 0.385. The van der Waals surface area contributed by atoms with Crippen molar-refractivity contribution in [1.29, 1.82) is 0 Å². The van der Waals surface area contributed by atoms with Gasteiger partial charge < -0.3 is 14.6 Å². The van der Waals surface area contributed by atoms with E-state index in [1.54, 1.807) is 0 Å². The Morgan fingerprint density at radius 2 is 2.17 bits per heavy atom. The summed E-state index contributed by atoms with van der Waals surface area (Å²) in [5, 5.41) is 7.03. The second-order valence-corrected chi connectivity index (χ2v) is 4.68. The number of rotatable bonds is 3. The molecular formula is C13H15N3O2. The molecule has 1 aliphatic rings. The van der Waals surface area contributed by atoms with Crippen molar-refractivity contribution in [3.05, 3.63) is 35.7 Å². The molecule has 2 aromatic rings. The van der Waals surface area contributed by atoms with Crippen LogP contribution in [-0.2, 0) is 6.42 Å². The van der Waals surface area contributed by atoms with Crippen LogP contribution in [-0.4, -0.2) is 16.2 Å². The molecule has 2 heterocycles. The van der Waals surface area contributed by atoms with E-state index in [2.05, 4.69) is 21.5 Å². The van der Waals surface area contributed by atoms with Crippen LogP contribution >= 0.6 is 0 Å². The van der Waals surface area contributed by atoms with E-state index in [-0.39, 0.29) is 12.1 Å². The van der Waals surface area contributed by atoms with Gasteiger partial charge in [-0.25, -0.2) is 0 Å². The molecular weight excluding hydrogens is 230 g/mol. The quantitative estimate of drug-likeness (QED) is 0.900. The first-order chi connectivity index (χ1) is 8.72. The van der Waals surface area contributed by atoms with Gasteiger partial charge in [0.05, 0.1) is 0 Å². The Morgan fingerprint density at radius 3 is 2.94 bits per heavy atom. The molecule has 94 valence electrons. The smallest absolute Gasteiger partial charge is 0.321 e. The van der Waals surface area contributed by atoms with Crippen LogP contribution in [0.3, 0.4) is 0 Å². The Bertz CT molecular complexity index is 526. The number of hydrogen-bond acceptors (Lipinski definition) is 5. The van der Waals surface area contributed by atoms with Gasteiger partial charge in [-0.1, -0.05) is 23.4 Å². The monoisotopic (exact) mass is 245 g/mol. The number of aromatic nitrogens is 2. The first-order valence-corrected chi connectivity index (χ1v) is 6.07. The van der Waals surface area contributed by atoms with Crippen molar-refractivity contribution >= 4 is 6.01 Å². The van der Waals surface area contributed by atoms with Crippen molar-refractivity contribution < 1.29 is 9.26 Å². The average molecular weight is 245 g/mol. The fourth-order valence-corrected chi connectivity index (χ4v) is 2.00. The van der Waals surface area contributed by atoms with Crippen LogP contribution in [0.1, 0.15) is 31.3 Å². The standard InChI is InChI=1S/C13H15N3O2/c1-8(2)14-13-15-12(16-18-13)11-7-9-5-3-4-6-10(9)17-11/h3-6,8,11H,7H2,1-2H3,(H,14,15,16). The van der Waals surface area contributed by atoms with Crippen molar-refractivity contribution in [2.24, 2.45) is 0 Å². The molecule has 0 saturated carbocycles. The highest BCUT2D eigenvalue weighted by Gasteiger charge is 2.28. The van der Waals surface area contributed by atoms with Crippen LogP contribution in [0.25, 0.3) is 0 Å². The molecule has 1 aromatic heterocycles. The SMILES string of the molecule is CC(C)Nc1nc(C2Cc3ccccc3O2)no1. The number of hydrogen-bond donors (Lipinski definition) is 1. The third kappa shape index (κ3) is 2.03. The number of nitrogens with zero attached hydrogens (tertiary/aromatic N) is 2. The Hall–Kier alpha value is -2.04. The first-order valence-electron chi connectivity index (χ1n) is 6.07. The number of ether oxygens (including phenoxy) is 1. The summed E-state index contributed by atoms with van der Waals surface area (Å²) in [5.74, 6) is 1.50. The van der Waals surface area contributed by atoms with Crippen LogP contribution in [0.4, 0.5) is 6.01 Å². The van der Waals surface area contributed by atoms with Crippen LogP contribution in [0.5, 0.6) is 5.75 Å². The van der Waals surface area contributed by atoms with Gasteiger partial charge in [-0.2, -0.15) is 4.98 Å². The largest absolute Gasteiger partial charge is 0.482 e. The minimum Gasteiger partial charge on any atom is -0.482 e. The summed E-state index contributed by atoms with van der Waals surface area (Å²) < 4.78 is 10.9. The highest BCUT2D eigenvalue weighted by molar-refractivity contribution is 5.38. The predicted molar refractivity (Wildman–Crippen MR) is 66.6 cm³/mol. The van der Waals surface area contributed by atoms with Crippen molar-refractivity contribution in [3.63, 3.8) is 0 Å². The Kier molecular flexibility index (Phi) is 2.66. The molecule has 0 bridgehead atoms. The summed E-state index contributed by atoms with van der Waals surface area (Å²) in [4.78, 5) is 4.30. The molecule has 1 unspecified atom stereocenters. The molecule has 1 aromatic carbocycles. The van der Waals surface area contributed by atoms with Gasteiger partial charge in [-0.05, 0) is 25.5 Å². The molecule has 0 radical (unpaired) electrons. The second-order valence-electron chi connectivity index (χ2n) is 4.68. The van der Waals surface area contributed by atoms with Crippen LogP contribution in [0.15, 0.2) is 28.8 Å². The zero-order valence-electron chi connectivity index (χ0n) is 10.4. The highest BCUT2D eigenvalue weighted by Crippen LogP contribution is 2.35. The molecule has 5 nitrogen and oxygen atoms in total. The fourth-order valence-electron chi connectivity index (χ4n) is 2.00. The second kappa shape index (κ2) is 4.33. The molecule has 0 aliphatic carbocycles. The van der Waals surface area contributed by atoms with Gasteiger partial charge in [0, 0.05) is 12.5 Å². The zero-order valence-corrected chi connectivity index (χ0v) is 10.4. The van der Waals surface area contributed by atoms with Crippen LogP contribution in [0, 0.1) is 0 Å². The lowest BCUT2D eigenvalue weighted by Crippen LogP contribution is -2.10. The molecule has 3 rings (SSSR count). The molecule has 1 aliphatic heterocycles. The van der Waals surface area contributed by atoms with Gasteiger partial charge >= 0.3 is 6.01 Å². The van der Waals surface area contributed by atoms with E-state index < -0.39 is 0 Å². The van der Waals surface area contributed by atoms with Gasteiger partial charge in [0.15, 0.2) is 6.10 Å². The van der Waals surface area contributed by atoms with E-state index in [1.165, 1.54) is 5.56 Å². The predicted octanol–water partition coefficient (Wildman–Crippen LogP) is 2.57. The van der Waals surface area contributed by atoms with Gasteiger partial charge in [-0.15, -0.1) is 0 Å². The molecule has 1 N–H and O–H groups in total. The third-order valence-electron chi connectivity index (χ3n) is 2.79. The van der Waals surface area contributed by atoms with E-state index >= 15 is 0 Å². The molecule has 0 fully saturated rings. The lowest BCUT2D eigenvalue weighted by atomic mass is 10.1.